The zero-order valence-electron chi connectivity index (χ0n) is 23.5. The average Bonchev–Trinajstić information content (AvgIpc) is 3.29. The van der Waals surface area contributed by atoms with Gasteiger partial charge < -0.3 is 24.1 Å². The van der Waals surface area contributed by atoms with Gasteiger partial charge >= 0.3 is 0 Å². The molecule has 1 amide bonds. The maximum Gasteiger partial charge on any atom is 0.224 e. The Morgan fingerprint density at radius 2 is 1.69 bits per heavy atom. The van der Waals surface area contributed by atoms with Crippen LogP contribution < -0.4 is 19.5 Å². The van der Waals surface area contributed by atoms with Crippen molar-refractivity contribution < 1.29 is 19.0 Å². The van der Waals surface area contributed by atoms with Crippen LogP contribution in [-0.4, -0.2) is 42.8 Å². The van der Waals surface area contributed by atoms with Crippen molar-refractivity contribution in [2.75, 3.05) is 27.4 Å². The van der Waals surface area contributed by atoms with Crippen molar-refractivity contribution in [3.63, 3.8) is 0 Å². The summed E-state index contributed by atoms with van der Waals surface area (Å²) in [5.41, 5.74) is 5.44. The molecule has 0 spiro atoms. The average molecular weight is 530 g/mol. The molecule has 39 heavy (non-hydrogen) atoms. The number of hydrogen-bond acceptors (Lipinski definition) is 5. The minimum Gasteiger partial charge on any atom is -0.493 e. The standard InChI is InChI=1S/C32H39N3O4/c1-23-13-15-28(24(2)20-23)39-19-18-35-27-11-8-7-10-26(27)34-31(35)12-6-5-9-17-33-32(36)22-25-14-16-29(37-3)30(21-25)38-4/h7-8,10-11,13-16,20-21H,5-6,9,12,17-19,22H2,1-4H3,(H,33,36). The molecular formula is C32H39N3O4. The molecule has 7 heteroatoms. The van der Waals surface area contributed by atoms with E-state index in [2.05, 4.69) is 54.1 Å². The normalized spacial score (nSPS) is 11.0. The second-order valence-electron chi connectivity index (χ2n) is 9.81. The van der Waals surface area contributed by atoms with E-state index in [1.54, 1.807) is 14.2 Å². The number of amides is 1. The molecule has 0 aliphatic carbocycles. The van der Waals surface area contributed by atoms with E-state index >= 15 is 0 Å². The van der Waals surface area contributed by atoms with Gasteiger partial charge in [0.25, 0.3) is 0 Å². The van der Waals surface area contributed by atoms with E-state index in [4.69, 9.17) is 19.2 Å². The summed E-state index contributed by atoms with van der Waals surface area (Å²) in [5.74, 6) is 3.31. The van der Waals surface area contributed by atoms with Crippen molar-refractivity contribution >= 4 is 16.9 Å². The molecule has 7 nitrogen and oxygen atoms in total. The van der Waals surface area contributed by atoms with Crippen molar-refractivity contribution in [2.45, 2.75) is 52.5 Å². The Bertz CT molecular complexity index is 1400. The molecule has 0 aliphatic heterocycles. The number of benzene rings is 3. The summed E-state index contributed by atoms with van der Waals surface area (Å²) in [6.45, 7) is 6.17. The maximum atomic E-state index is 12.4. The van der Waals surface area contributed by atoms with E-state index in [-0.39, 0.29) is 5.91 Å². The van der Waals surface area contributed by atoms with Gasteiger partial charge in [0.05, 0.1) is 38.2 Å². The van der Waals surface area contributed by atoms with Crippen molar-refractivity contribution in [3.8, 4) is 17.2 Å². The smallest absolute Gasteiger partial charge is 0.224 e. The predicted octanol–water partition coefficient (Wildman–Crippen LogP) is 5.82. The largest absolute Gasteiger partial charge is 0.493 e. The summed E-state index contributed by atoms with van der Waals surface area (Å²) in [6, 6.07) is 20.1. The monoisotopic (exact) mass is 529 g/mol. The Balaban J connectivity index is 1.23. The molecule has 0 unspecified atom stereocenters. The number of fused-ring (bicyclic) bond motifs is 1. The van der Waals surface area contributed by atoms with E-state index in [9.17, 15) is 4.79 Å². The fraction of sp³-hybridized carbons (Fsp3) is 0.375. The van der Waals surface area contributed by atoms with E-state index in [0.717, 1.165) is 66.0 Å². The lowest BCUT2D eigenvalue weighted by atomic mass is 10.1. The molecule has 0 saturated heterocycles. The Kier molecular flexibility index (Phi) is 9.84. The summed E-state index contributed by atoms with van der Waals surface area (Å²) >= 11 is 0. The van der Waals surface area contributed by atoms with Gasteiger partial charge in [0, 0.05) is 13.0 Å². The highest BCUT2D eigenvalue weighted by Crippen LogP contribution is 2.27. The van der Waals surface area contributed by atoms with Gasteiger partial charge in [-0.1, -0.05) is 42.3 Å². The number of rotatable bonds is 14. The van der Waals surface area contributed by atoms with E-state index in [0.29, 0.717) is 31.1 Å². The zero-order chi connectivity index (χ0) is 27.6. The van der Waals surface area contributed by atoms with Crippen LogP contribution in [0.25, 0.3) is 11.0 Å². The molecule has 4 rings (SSSR count). The van der Waals surface area contributed by atoms with Crippen molar-refractivity contribution in [3.05, 3.63) is 83.2 Å². The number of carbonyl (C=O) groups excluding carboxylic acids is 1. The van der Waals surface area contributed by atoms with E-state index < -0.39 is 0 Å². The molecule has 1 aromatic heterocycles. The number of nitrogens with one attached hydrogen (secondary N) is 1. The van der Waals surface area contributed by atoms with E-state index in [1.807, 2.05) is 30.3 Å². The molecule has 1 N–H and O–H groups in total. The minimum atomic E-state index is 0.00725. The third-order valence-corrected chi connectivity index (χ3v) is 6.85. The lowest BCUT2D eigenvalue weighted by molar-refractivity contribution is -0.120. The van der Waals surface area contributed by atoms with Crippen molar-refractivity contribution in [1.82, 2.24) is 14.9 Å². The first-order chi connectivity index (χ1) is 19.0. The molecule has 0 saturated carbocycles. The highest BCUT2D eigenvalue weighted by atomic mass is 16.5. The highest BCUT2D eigenvalue weighted by Gasteiger charge is 2.12. The van der Waals surface area contributed by atoms with Crippen molar-refractivity contribution in [2.24, 2.45) is 0 Å². The van der Waals surface area contributed by atoms with Gasteiger partial charge in [0.15, 0.2) is 11.5 Å². The molecular weight excluding hydrogens is 490 g/mol. The predicted molar refractivity (Wildman–Crippen MR) is 155 cm³/mol. The Morgan fingerprint density at radius 3 is 2.49 bits per heavy atom. The van der Waals surface area contributed by atoms with Crippen LogP contribution >= 0.6 is 0 Å². The fourth-order valence-corrected chi connectivity index (χ4v) is 4.83. The second-order valence-corrected chi connectivity index (χ2v) is 9.81. The first kappa shape index (κ1) is 28.0. The maximum absolute atomic E-state index is 12.4. The van der Waals surface area contributed by atoms with Crippen LogP contribution in [0.4, 0.5) is 0 Å². The summed E-state index contributed by atoms with van der Waals surface area (Å²) in [4.78, 5) is 17.3. The van der Waals surface area contributed by atoms with Gasteiger partial charge in [0.1, 0.15) is 18.2 Å². The summed E-state index contributed by atoms with van der Waals surface area (Å²) in [6.07, 6.45) is 4.14. The minimum absolute atomic E-state index is 0.00725. The number of unbranched alkanes of at least 4 members (excludes halogenated alkanes) is 2. The number of methoxy groups -OCH3 is 2. The Labute approximate surface area is 231 Å². The molecule has 0 atom stereocenters. The summed E-state index contributed by atoms with van der Waals surface area (Å²) in [5, 5.41) is 3.03. The van der Waals surface area contributed by atoms with Crippen LogP contribution in [0.2, 0.25) is 0 Å². The number of hydrogen-bond donors (Lipinski definition) is 1. The number of aryl methyl sites for hydroxylation is 3. The number of aromatic nitrogens is 2. The van der Waals surface area contributed by atoms with Gasteiger partial charge in [-0.3, -0.25) is 4.79 Å². The second kappa shape index (κ2) is 13.7. The topological polar surface area (TPSA) is 74.6 Å². The van der Waals surface area contributed by atoms with Crippen LogP contribution in [0.15, 0.2) is 60.7 Å². The third-order valence-electron chi connectivity index (χ3n) is 6.85. The lowest BCUT2D eigenvalue weighted by Crippen LogP contribution is -2.26. The number of nitrogens with zero attached hydrogens (tertiary/aromatic N) is 2. The molecule has 0 fully saturated rings. The summed E-state index contributed by atoms with van der Waals surface area (Å²) < 4.78 is 19.0. The molecule has 0 radical (unpaired) electrons. The van der Waals surface area contributed by atoms with E-state index in [1.165, 1.54) is 5.56 Å². The van der Waals surface area contributed by atoms with Crippen LogP contribution in [0.1, 0.15) is 41.8 Å². The first-order valence-electron chi connectivity index (χ1n) is 13.6. The molecule has 1 heterocycles. The van der Waals surface area contributed by atoms with Crippen LogP contribution in [-0.2, 0) is 24.2 Å². The van der Waals surface area contributed by atoms with Gasteiger partial charge in [-0.25, -0.2) is 4.98 Å². The SMILES string of the molecule is COc1ccc(CC(=O)NCCCCCc2nc3ccccc3n2CCOc2ccc(C)cc2C)cc1OC. The van der Waals surface area contributed by atoms with Crippen molar-refractivity contribution in [1.29, 1.82) is 0 Å². The molecule has 3 aromatic carbocycles. The van der Waals surface area contributed by atoms with Gasteiger partial charge in [-0.15, -0.1) is 0 Å². The number of imidazole rings is 1. The lowest BCUT2D eigenvalue weighted by Gasteiger charge is -2.13. The Morgan fingerprint density at radius 1 is 0.897 bits per heavy atom. The zero-order valence-corrected chi connectivity index (χ0v) is 23.5. The highest BCUT2D eigenvalue weighted by molar-refractivity contribution is 5.78. The van der Waals surface area contributed by atoms with Crippen LogP contribution in [0, 0.1) is 13.8 Å². The number of ether oxygens (including phenoxy) is 3. The van der Waals surface area contributed by atoms with Gasteiger partial charge in [0.2, 0.25) is 5.91 Å². The first-order valence-corrected chi connectivity index (χ1v) is 13.6. The quantitative estimate of drug-likeness (QED) is 0.208. The molecule has 0 bridgehead atoms. The number of carbonyl (C=O) groups is 1. The fourth-order valence-electron chi connectivity index (χ4n) is 4.83. The van der Waals surface area contributed by atoms with Crippen LogP contribution in [0.5, 0.6) is 17.2 Å². The molecule has 4 aromatic rings. The summed E-state index contributed by atoms with van der Waals surface area (Å²) in [7, 11) is 3.19. The van der Waals surface area contributed by atoms with Gasteiger partial charge in [-0.05, 0) is 68.1 Å². The van der Waals surface area contributed by atoms with Crippen LogP contribution in [0.3, 0.4) is 0 Å². The Hall–Kier alpha value is -4.00. The third kappa shape index (κ3) is 7.53. The molecule has 206 valence electrons. The number of para-hydroxylation sites is 2. The molecule has 0 aliphatic rings. The van der Waals surface area contributed by atoms with Gasteiger partial charge in [-0.2, -0.15) is 0 Å².